The molecular weight excluding hydrogens is 530 g/mol. The Bertz CT molecular complexity index is 1210. The van der Waals surface area contributed by atoms with Crippen LogP contribution in [0.3, 0.4) is 0 Å². The summed E-state index contributed by atoms with van der Waals surface area (Å²) in [6.07, 6.45) is 5.28. The maximum Gasteiger partial charge on any atom is 0.321 e. The molecule has 0 spiro atoms. The normalized spacial score (nSPS) is 19.9. The number of esters is 1. The van der Waals surface area contributed by atoms with Gasteiger partial charge in [0.15, 0.2) is 5.13 Å². The number of allylic oxidation sites excluding steroid dienone is 1. The number of nitrogens with zero attached hydrogens (tertiary/aromatic N) is 3. The number of aliphatic imine (C=N–C) groups is 1. The van der Waals surface area contributed by atoms with E-state index in [0.29, 0.717) is 18.3 Å². The highest BCUT2D eigenvalue weighted by molar-refractivity contribution is 9.10. The van der Waals surface area contributed by atoms with Crippen molar-refractivity contribution in [3.63, 3.8) is 0 Å². The first kappa shape index (κ1) is 25.5. The SMILES string of the molecule is C=C1C=C(c2cc(Br)c3sc(NC(=O)NCC)nc3c2)C=NC1N1CCC(C)(C(=O)OCC)CC1. The van der Waals surface area contributed by atoms with Crippen molar-refractivity contribution >= 4 is 66.4 Å². The van der Waals surface area contributed by atoms with Crippen molar-refractivity contribution in [2.24, 2.45) is 10.4 Å². The Hall–Kier alpha value is -2.56. The summed E-state index contributed by atoms with van der Waals surface area (Å²) in [7, 11) is 0. The quantitative estimate of drug-likeness (QED) is 0.473. The van der Waals surface area contributed by atoms with Crippen molar-refractivity contribution in [1.29, 1.82) is 0 Å². The number of piperidine rings is 1. The molecule has 1 atom stereocenters. The predicted octanol–water partition coefficient (Wildman–Crippen LogP) is 5.22. The second-order valence-corrected chi connectivity index (χ2v) is 10.8. The number of benzene rings is 1. The van der Waals surface area contributed by atoms with Crippen LogP contribution in [0.15, 0.2) is 39.8 Å². The number of anilines is 1. The van der Waals surface area contributed by atoms with Crippen LogP contribution in [0.5, 0.6) is 0 Å². The van der Waals surface area contributed by atoms with E-state index in [4.69, 9.17) is 9.73 Å². The van der Waals surface area contributed by atoms with Crippen LogP contribution in [-0.2, 0) is 9.53 Å². The first-order valence-corrected chi connectivity index (χ1v) is 13.3. The zero-order chi connectivity index (χ0) is 25.2. The summed E-state index contributed by atoms with van der Waals surface area (Å²) in [5.74, 6) is -0.111. The third-order valence-electron chi connectivity index (χ3n) is 6.38. The number of urea groups is 1. The summed E-state index contributed by atoms with van der Waals surface area (Å²) in [6.45, 7) is 12.5. The van der Waals surface area contributed by atoms with Crippen molar-refractivity contribution in [1.82, 2.24) is 15.2 Å². The van der Waals surface area contributed by atoms with Gasteiger partial charge < -0.3 is 10.1 Å². The molecule has 1 saturated heterocycles. The van der Waals surface area contributed by atoms with Crippen LogP contribution < -0.4 is 10.6 Å². The monoisotopic (exact) mass is 559 g/mol. The summed E-state index contributed by atoms with van der Waals surface area (Å²) in [4.78, 5) is 35.9. The third kappa shape index (κ3) is 5.49. The fraction of sp³-hybridized carbons (Fsp3) is 0.440. The number of hydrogen-bond acceptors (Lipinski definition) is 7. The molecule has 1 fully saturated rings. The maximum atomic E-state index is 12.3. The summed E-state index contributed by atoms with van der Waals surface area (Å²) < 4.78 is 7.14. The first-order valence-electron chi connectivity index (χ1n) is 11.7. The molecule has 2 aliphatic heterocycles. The molecule has 3 heterocycles. The number of thiazole rings is 1. The summed E-state index contributed by atoms with van der Waals surface area (Å²) in [6, 6.07) is 3.76. The van der Waals surface area contributed by atoms with Gasteiger partial charge in [-0.05, 0) is 78.9 Å². The zero-order valence-corrected chi connectivity index (χ0v) is 22.6. The van der Waals surface area contributed by atoms with Gasteiger partial charge in [0, 0.05) is 35.9 Å². The number of fused-ring (bicyclic) bond motifs is 1. The highest BCUT2D eigenvalue weighted by Crippen LogP contribution is 2.37. The molecule has 4 rings (SSSR count). The van der Waals surface area contributed by atoms with Gasteiger partial charge in [-0.15, -0.1) is 0 Å². The van der Waals surface area contributed by atoms with Crippen molar-refractivity contribution in [2.75, 3.05) is 31.6 Å². The smallest absolute Gasteiger partial charge is 0.321 e. The molecule has 2 N–H and O–H groups in total. The number of amides is 2. The van der Waals surface area contributed by atoms with Crippen molar-refractivity contribution in [2.45, 2.75) is 39.8 Å². The van der Waals surface area contributed by atoms with E-state index in [1.54, 1.807) is 0 Å². The van der Waals surface area contributed by atoms with Crippen molar-refractivity contribution in [3.05, 3.63) is 40.4 Å². The molecule has 0 bridgehead atoms. The average molecular weight is 561 g/mol. The highest BCUT2D eigenvalue weighted by atomic mass is 79.9. The minimum Gasteiger partial charge on any atom is -0.466 e. The molecular formula is C25H30BrN5O3S. The number of hydrogen-bond donors (Lipinski definition) is 2. The molecule has 2 aliphatic rings. The number of nitrogens with one attached hydrogen (secondary N) is 2. The highest BCUT2D eigenvalue weighted by Gasteiger charge is 2.40. The maximum absolute atomic E-state index is 12.3. The van der Waals surface area contributed by atoms with E-state index >= 15 is 0 Å². The molecule has 0 saturated carbocycles. The van der Waals surface area contributed by atoms with E-state index in [1.165, 1.54) is 11.3 Å². The first-order chi connectivity index (χ1) is 16.7. The lowest BCUT2D eigenvalue weighted by Gasteiger charge is -2.40. The molecule has 2 aromatic rings. The molecule has 10 heteroatoms. The van der Waals surface area contributed by atoms with E-state index in [9.17, 15) is 9.59 Å². The second kappa shape index (κ2) is 10.6. The Labute approximate surface area is 217 Å². The number of ether oxygens (including phenoxy) is 1. The van der Waals surface area contributed by atoms with Gasteiger partial charge in [-0.2, -0.15) is 0 Å². The van der Waals surface area contributed by atoms with E-state index in [-0.39, 0.29) is 18.2 Å². The van der Waals surface area contributed by atoms with Crippen molar-refractivity contribution in [3.8, 4) is 0 Å². The fourth-order valence-corrected chi connectivity index (χ4v) is 5.87. The lowest BCUT2D eigenvalue weighted by Crippen LogP contribution is -2.47. The Balaban J connectivity index is 1.47. The van der Waals surface area contributed by atoms with Crippen molar-refractivity contribution < 1.29 is 14.3 Å². The number of carbonyl (C=O) groups is 2. The van der Waals surface area contributed by atoms with Crippen LogP contribution in [0.4, 0.5) is 9.93 Å². The Morgan fingerprint density at radius 1 is 1.31 bits per heavy atom. The van der Waals surface area contributed by atoms with Crippen LogP contribution in [-0.4, -0.2) is 60.5 Å². The summed E-state index contributed by atoms with van der Waals surface area (Å²) >= 11 is 5.07. The molecule has 1 aromatic carbocycles. The Morgan fingerprint density at radius 2 is 2.06 bits per heavy atom. The molecule has 0 aliphatic carbocycles. The largest absolute Gasteiger partial charge is 0.466 e. The van der Waals surface area contributed by atoms with Gasteiger partial charge in [0.05, 0.1) is 22.2 Å². The van der Waals surface area contributed by atoms with Crippen LogP contribution in [0, 0.1) is 5.41 Å². The zero-order valence-electron chi connectivity index (χ0n) is 20.2. The second-order valence-electron chi connectivity index (χ2n) is 8.95. The lowest BCUT2D eigenvalue weighted by molar-refractivity contribution is -0.157. The average Bonchev–Trinajstić information content (AvgIpc) is 3.23. The van der Waals surface area contributed by atoms with E-state index in [2.05, 4.69) is 49.1 Å². The van der Waals surface area contributed by atoms with Gasteiger partial charge >= 0.3 is 12.0 Å². The van der Waals surface area contributed by atoms with Crippen LogP contribution in [0.1, 0.15) is 39.2 Å². The van der Waals surface area contributed by atoms with E-state index in [0.717, 1.165) is 57.3 Å². The number of aromatic nitrogens is 1. The summed E-state index contributed by atoms with van der Waals surface area (Å²) in [5, 5.41) is 6.02. The fourth-order valence-electron chi connectivity index (χ4n) is 4.33. The minimum absolute atomic E-state index is 0.111. The molecule has 35 heavy (non-hydrogen) atoms. The van der Waals surface area contributed by atoms with Crippen LogP contribution in [0.2, 0.25) is 0 Å². The molecule has 1 unspecified atom stereocenters. The molecule has 0 radical (unpaired) electrons. The van der Waals surface area contributed by atoms with Gasteiger partial charge in [-0.1, -0.05) is 17.9 Å². The predicted molar refractivity (Wildman–Crippen MR) is 145 cm³/mol. The molecule has 1 aromatic heterocycles. The van der Waals surface area contributed by atoms with Crippen LogP contribution in [0.25, 0.3) is 15.8 Å². The van der Waals surface area contributed by atoms with Crippen LogP contribution >= 0.6 is 27.3 Å². The Kier molecular flexibility index (Phi) is 7.73. The lowest BCUT2D eigenvalue weighted by atomic mass is 9.80. The minimum atomic E-state index is -0.437. The molecule has 186 valence electrons. The number of dihydropyridines is 1. The van der Waals surface area contributed by atoms with Gasteiger partial charge in [0.1, 0.15) is 6.17 Å². The number of carbonyl (C=O) groups excluding carboxylic acids is 2. The number of rotatable bonds is 6. The standard InChI is InChI=1S/C25H30BrN5O3S/c1-5-27-23(33)30-24-29-19-13-16(12-18(26)20(19)35-24)17-11-15(3)21(28-14-17)31-9-7-25(4,8-10-31)22(32)34-6-2/h11-14,21H,3,5-10H2,1-2,4H3,(H2,27,29,30,33). The van der Waals surface area contributed by atoms with Gasteiger partial charge in [0.25, 0.3) is 0 Å². The molecule has 8 nitrogen and oxygen atoms in total. The molecule has 2 amide bonds. The Morgan fingerprint density at radius 3 is 2.71 bits per heavy atom. The number of halogens is 1. The third-order valence-corrected chi connectivity index (χ3v) is 8.29. The topological polar surface area (TPSA) is 95.9 Å². The van der Waals surface area contributed by atoms with Gasteiger partial charge in [-0.3, -0.25) is 20.0 Å². The van der Waals surface area contributed by atoms with E-state index in [1.807, 2.05) is 39.1 Å². The summed E-state index contributed by atoms with van der Waals surface area (Å²) in [5.41, 5.74) is 3.19. The van der Waals surface area contributed by atoms with Gasteiger partial charge in [-0.25, -0.2) is 9.78 Å². The van der Waals surface area contributed by atoms with E-state index < -0.39 is 5.41 Å². The number of likely N-dealkylation sites (tertiary alicyclic amines) is 1. The van der Waals surface area contributed by atoms with Gasteiger partial charge in [0.2, 0.25) is 0 Å².